The SMILES string of the molecule is CC=CCOc1ccccc1C(C)(C)C. The lowest BCUT2D eigenvalue weighted by molar-refractivity contribution is 0.350. The van der Waals surface area contributed by atoms with Crippen molar-refractivity contribution in [2.24, 2.45) is 0 Å². The van der Waals surface area contributed by atoms with E-state index in [-0.39, 0.29) is 5.41 Å². The predicted octanol–water partition coefficient (Wildman–Crippen LogP) is 3.94. The summed E-state index contributed by atoms with van der Waals surface area (Å²) in [5.74, 6) is 0.989. The molecule has 0 heterocycles. The van der Waals surface area contributed by atoms with Crippen LogP contribution in [0.4, 0.5) is 0 Å². The molecule has 15 heavy (non-hydrogen) atoms. The number of hydrogen-bond donors (Lipinski definition) is 0. The van der Waals surface area contributed by atoms with Gasteiger partial charge < -0.3 is 4.74 Å². The van der Waals surface area contributed by atoms with Crippen molar-refractivity contribution in [3.63, 3.8) is 0 Å². The highest BCUT2D eigenvalue weighted by Gasteiger charge is 2.17. The second-order valence-electron chi connectivity index (χ2n) is 4.63. The van der Waals surface area contributed by atoms with Crippen molar-refractivity contribution in [3.8, 4) is 5.75 Å². The van der Waals surface area contributed by atoms with Gasteiger partial charge in [0.2, 0.25) is 0 Å². The number of hydrogen-bond acceptors (Lipinski definition) is 1. The third-order valence-corrected chi connectivity index (χ3v) is 2.27. The third kappa shape index (κ3) is 3.43. The topological polar surface area (TPSA) is 9.23 Å². The monoisotopic (exact) mass is 204 g/mol. The summed E-state index contributed by atoms with van der Waals surface area (Å²) in [5, 5.41) is 0. The van der Waals surface area contributed by atoms with E-state index in [2.05, 4.69) is 32.9 Å². The summed E-state index contributed by atoms with van der Waals surface area (Å²) in [4.78, 5) is 0. The van der Waals surface area contributed by atoms with E-state index in [4.69, 9.17) is 4.74 Å². The van der Waals surface area contributed by atoms with Crippen LogP contribution in [-0.4, -0.2) is 6.61 Å². The van der Waals surface area contributed by atoms with Crippen molar-refractivity contribution in [2.75, 3.05) is 6.61 Å². The Morgan fingerprint density at radius 1 is 1.20 bits per heavy atom. The van der Waals surface area contributed by atoms with Gasteiger partial charge in [0.25, 0.3) is 0 Å². The van der Waals surface area contributed by atoms with Crippen molar-refractivity contribution < 1.29 is 4.74 Å². The lowest BCUT2D eigenvalue weighted by Gasteiger charge is -2.22. The zero-order valence-corrected chi connectivity index (χ0v) is 10.1. The second-order valence-corrected chi connectivity index (χ2v) is 4.63. The highest BCUT2D eigenvalue weighted by molar-refractivity contribution is 5.38. The van der Waals surface area contributed by atoms with Gasteiger partial charge in [0, 0.05) is 0 Å². The Kier molecular flexibility index (Phi) is 3.96. The Balaban J connectivity index is 2.87. The molecule has 0 atom stereocenters. The number of allylic oxidation sites excluding steroid dienone is 1. The molecule has 0 bridgehead atoms. The Hall–Kier alpha value is -1.24. The summed E-state index contributed by atoms with van der Waals surface area (Å²) in [6, 6.07) is 8.23. The smallest absolute Gasteiger partial charge is 0.123 e. The predicted molar refractivity (Wildman–Crippen MR) is 65.5 cm³/mol. The van der Waals surface area contributed by atoms with E-state index in [1.54, 1.807) is 0 Å². The second kappa shape index (κ2) is 5.01. The van der Waals surface area contributed by atoms with Crippen LogP contribution in [-0.2, 0) is 5.41 Å². The third-order valence-electron chi connectivity index (χ3n) is 2.27. The Morgan fingerprint density at radius 3 is 2.47 bits per heavy atom. The Bertz CT molecular complexity index is 331. The molecule has 1 aromatic carbocycles. The average molecular weight is 204 g/mol. The average Bonchev–Trinajstić information content (AvgIpc) is 2.17. The summed E-state index contributed by atoms with van der Waals surface area (Å²) in [5.41, 5.74) is 1.39. The molecular weight excluding hydrogens is 184 g/mol. The first-order valence-corrected chi connectivity index (χ1v) is 5.39. The Morgan fingerprint density at radius 2 is 1.87 bits per heavy atom. The first kappa shape index (κ1) is 11.8. The van der Waals surface area contributed by atoms with Crippen LogP contribution >= 0.6 is 0 Å². The molecule has 0 aliphatic carbocycles. The van der Waals surface area contributed by atoms with E-state index in [0.29, 0.717) is 6.61 Å². The maximum Gasteiger partial charge on any atom is 0.123 e. The van der Waals surface area contributed by atoms with Crippen molar-refractivity contribution in [2.45, 2.75) is 33.1 Å². The first-order chi connectivity index (χ1) is 7.05. The molecule has 82 valence electrons. The molecular formula is C14H20O. The van der Waals surface area contributed by atoms with Gasteiger partial charge in [-0.25, -0.2) is 0 Å². The van der Waals surface area contributed by atoms with Crippen molar-refractivity contribution in [1.29, 1.82) is 0 Å². The van der Waals surface area contributed by atoms with Crippen molar-refractivity contribution >= 4 is 0 Å². The summed E-state index contributed by atoms with van der Waals surface area (Å²) in [6.07, 6.45) is 4.01. The summed E-state index contributed by atoms with van der Waals surface area (Å²) >= 11 is 0. The fourth-order valence-electron chi connectivity index (χ4n) is 1.45. The first-order valence-electron chi connectivity index (χ1n) is 5.39. The van der Waals surface area contributed by atoms with Gasteiger partial charge in [0.1, 0.15) is 12.4 Å². The van der Waals surface area contributed by atoms with E-state index in [1.165, 1.54) is 5.56 Å². The van der Waals surface area contributed by atoms with E-state index in [0.717, 1.165) is 5.75 Å². The van der Waals surface area contributed by atoms with Crippen LogP contribution in [0.15, 0.2) is 36.4 Å². The summed E-state index contributed by atoms with van der Waals surface area (Å²) in [7, 11) is 0. The fraction of sp³-hybridized carbons (Fsp3) is 0.429. The van der Waals surface area contributed by atoms with Gasteiger partial charge in [-0.05, 0) is 24.0 Å². The number of para-hydroxylation sites is 1. The van der Waals surface area contributed by atoms with Gasteiger partial charge in [-0.15, -0.1) is 0 Å². The molecule has 0 radical (unpaired) electrons. The molecule has 0 aliphatic rings. The molecule has 0 saturated heterocycles. The molecule has 0 amide bonds. The van der Waals surface area contributed by atoms with Gasteiger partial charge in [-0.1, -0.05) is 51.1 Å². The van der Waals surface area contributed by atoms with Crippen LogP contribution < -0.4 is 4.74 Å². The lowest BCUT2D eigenvalue weighted by atomic mass is 9.86. The largest absolute Gasteiger partial charge is 0.489 e. The van der Waals surface area contributed by atoms with E-state index in [9.17, 15) is 0 Å². The summed E-state index contributed by atoms with van der Waals surface area (Å²) < 4.78 is 5.72. The molecule has 0 saturated carbocycles. The minimum atomic E-state index is 0.131. The van der Waals surface area contributed by atoms with Gasteiger partial charge in [-0.2, -0.15) is 0 Å². The van der Waals surface area contributed by atoms with Crippen LogP contribution in [0.25, 0.3) is 0 Å². The molecule has 0 aromatic heterocycles. The molecule has 0 unspecified atom stereocenters. The van der Waals surface area contributed by atoms with E-state index < -0.39 is 0 Å². The maximum atomic E-state index is 5.72. The zero-order chi connectivity index (χ0) is 11.3. The quantitative estimate of drug-likeness (QED) is 0.678. The van der Waals surface area contributed by atoms with Crippen LogP contribution in [0, 0.1) is 0 Å². The van der Waals surface area contributed by atoms with Crippen molar-refractivity contribution in [1.82, 2.24) is 0 Å². The molecule has 0 N–H and O–H groups in total. The highest BCUT2D eigenvalue weighted by atomic mass is 16.5. The van der Waals surface area contributed by atoms with Crippen molar-refractivity contribution in [3.05, 3.63) is 42.0 Å². The van der Waals surface area contributed by atoms with Crippen LogP contribution in [0.1, 0.15) is 33.3 Å². The Labute approximate surface area is 92.8 Å². The standard InChI is InChI=1S/C14H20O/c1-5-6-11-15-13-10-8-7-9-12(13)14(2,3)4/h5-10H,11H2,1-4H3. The van der Waals surface area contributed by atoms with Crippen LogP contribution in [0.2, 0.25) is 0 Å². The summed E-state index contributed by atoms with van der Waals surface area (Å²) in [6.45, 7) is 9.24. The van der Waals surface area contributed by atoms with Crippen LogP contribution in [0.5, 0.6) is 5.75 Å². The fourth-order valence-corrected chi connectivity index (χ4v) is 1.45. The minimum absolute atomic E-state index is 0.131. The van der Waals surface area contributed by atoms with Crippen LogP contribution in [0.3, 0.4) is 0 Å². The molecule has 1 heteroatoms. The normalized spacial score (nSPS) is 12.0. The van der Waals surface area contributed by atoms with Gasteiger partial charge in [0.15, 0.2) is 0 Å². The molecule has 1 nitrogen and oxygen atoms in total. The number of benzene rings is 1. The zero-order valence-electron chi connectivity index (χ0n) is 10.1. The molecule has 0 aliphatic heterocycles. The highest BCUT2D eigenvalue weighted by Crippen LogP contribution is 2.30. The molecule has 1 rings (SSSR count). The maximum absolute atomic E-state index is 5.72. The van der Waals surface area contributed by atoms with Gasteiger partial charge in [-0.3, -0.25) is 0 Å². The molecule has 0 spiro atoms. The van der Waals surface area contributed by atoms with E-state index >= 15 is 0 Å². The molecule has 1 aromatic rings. The number of rotatable bonds is 3. The van der Waals surface area contributed by atoms with Gasteiger partial charge >= 0.3 is 0 Å². The van der Waals surface area contributed by atoms with E-state index in [1.807, 2.05) is 31.2 Å². The number of ether oxygens (including phenoxy) is 1. The van der Waals surface area contributed by atoms with Gasteiger partial charge in [0.05, 0.1) is 0 Å². The molecule has 0 fully saturated rings. The lowest BCUT2D eigenvalue weighted by Crippen LogP contribution is -2.13. The minimum Gasteiger partial charge on any atom is -0.489 e.